The summed E-state index contributed by atoms with van der Waals surface area (Å²) in [6.45, 7) is 0. The molecule has 0 saturated heterocycles. The van der Waals surface area contributed by atoms with Crippen LogP contribution in [0.25, 0.3) is 22.3 Å². The second-order valence-electron chi connectivity index (χ2n) is 4.89. The van der Waals surface area contributed by atoms with E-state index in [9.17, 15) is 10.2 Å². The molecule has 0 aliphatic heterocycles. The molecule has 0 unspecified atom stereocenters. The fourth-order valence-corrected chi connectivity index (χ4v) is 2.42. The van der Waals surface area contributed by atoms with E-state index in [0.29, 0.717) is 0 Å². The minimum Gasteiger partial charge on any atom is -0.508 e. The van der Waals surface area contributed by atoms with Crippen molar-refractivity contribution in [2.45, 2.75) is 0 Å². The second kappa shape index (κ2) is 5.82. The van der Waals surface area contributed by atoms with Crippen molar-refractivity contribution >= 4 is 0 Å². The third-order valence-corrected chi connectivity index (χ3v) is 3.49. The van der Waals surface area contributed by atoms with Crippen LogP contribution < -0.4 is 4.74 Å². The molecular weight excluding hydrogens is 276 g/mol. The summed E-state index contributed by atoms with van der Waals surface area (Å²) in [7, 11) is 1.62. The number of aromatic hydroxyl groups is 2. The molecule has 0 saturated carbocycles. The molecule has 0 atom stereocenters. The topological polar surface area (TPSA) is 49.7 Å². The minimum absolute atomic E-state index is 0.216. The van der Waals surface area contributed by atoms with Crippen LogP contribution in [0, 0.1) is 6.07 Å². The number of rotatable bonds is 3. The fraction of sp³-hybridized carbons (Fsp3) is 0.0526. The van der Waals surface area contributed by atoms with Gasteiger partial charge in [0, 0.05) is 11.1 Å². The average molecular weight is 291 g/mol. The van der Waals surface area contributed by atoms with Gasteiger partial charge in [-0.05, 0) is 47.5 Å². The maximum Gasteiger partial charge on any atom is 0.127 e. The molecule has 0 bridgehead atoms. The van der Waals surface area contributed by atoms with Gasteiger partial charge in [0.15, 0.2) is 0 Å². The van der Waals surface area contributed by atoms with Crippen LogP contribution in [0.5, 0.6) is 17.2 Å². The van der Waals surface area contributed by atoms with Crippen molar-refractivity contribution < 1.29 is 14.9 Å². The molecule has 22 heavy (non-hydrogen) atoms. The fourth-order valence-electron chi connectivity index (χ4n) is 2.42. The summed E-state index contributed by atoms with van der Waals surface area (Å²) < 4.78 is 5.48. The van der Waals surface area contributed by atoms with Crippen LogP contribution in [0.3, 0.4) is 0 Å². The van der Waals surface area contributed by atoms with E-state index in [1.807, 2.05) is 36.4 Å². The number of phenolic OH excluding ortho intramolecular Hbond substituents is 2. The number of ether oxygens (including phenoxy) is 1. The predicted octanol–water partition coefficient (Wildman–Crippen LogP) is 4.24. The molecule has 0 aliphatic carbocycles. The van der Waals surface area contributed by atoms with Gasteiger partial charge < -0.3 is 14.9 Å². The van der Waals surface area contributed by atoms with Gasteiger partial charge >= 0.3 is 0 Å². The Morgan fingerprint density at radius 2 is 1.32 bits per heavy atom. The maximum absolute atomic E-state index is 9.48. The zero-order valence-electron chi connectivity index (χ0n) is 12.1. The molecule has 3 aromatic carbocycles. The van der Waals surface area contributed by atoms with Crippen LogP contribution in [-0.4, -0.2) is 17.3 Å². The maximum atomic E-state index is 9.48. The normalized spacial score (nSPS) is 10.4. The number of benzene rings is 3. The van der Waals surface area contributed by atoms with E-state index in [1.54, 1.807) is 31.4 Å². The lowest BCUT2D eigenvalue weighted by Gasteiger charge is -2.14. The van der Waals surface area contributed by atoms with Crippen LogP contribution in [0.15, 0.2) is 60.7 Å². The van der Waals surface area contributed by atoms with Crippen LogP contribution in [0.1, 0.15) is 0 Å². The molecule has 0 aromatic heterocycles. The highest BCUT2D eigenvalue weighted by Crippen LogP contribution is 2.39. The van der Waals surface area contributed by atoms with E-state index in [2.05, 4.69) is 6.07 Å². The average Bonchev–Trinajstić information content (AvgIpc) is 2.56. The smallest absolute Gasteiger partial charge is 0.127 e. The first-order valence-electron chi connectivity index (χ1n) is 6.86. The second-order valence-corrected chi connectivity index (χ2v) is 4.89. The highest BCUT2D eigenvalue weighted by molar-refractivity contribution is 5.87. The summed E-state index contributed by atoms with van der Waals surface area (Å²) in [6, 6.07) is 20.8. The first-order chi connectivity index (χ1) is 10.7. The minimum atomic E-state index is 0.216. The van der Waals surface area contributed by atoms with Crippen LogP contribution in [0.4, 0.5) is 0 Å². The lowest BCUT2D eigenvalue weighted by Crippen LogP contribution is -1.91. The molecule has 3 aromatic rings. The van der Waals surface area contributed by atoms with E-state index in [1.165, 1.54) is 0 Å². The van der Waals surface area contributed by atoms with Gasteiger partial charge in [0.2, 0.25) is 0 Å². The van der Waals surface area contributed by atoms with Gasteiger partial charge in [0.05, 0.1) is 7.11 Å². The van der Waals surface area contributed by atoms with Crippen molar-refractivity contribution in [2.24, 2.45) is 0 Å². The van der Waals surface area contributed by atoms with Crippen LogP contribution >= 0.6 is 0 Å². The summed E-state index contributed by atoms with van der Waals surface area (Å²) in [5, 5.41) is 18.9. The molecule has 0 spiro atoms. The van der Waals surface area contributed by atoms with E-state index < -0.39 is 0 Å². The standard InChI is InChI=1S/C19H15O3/c1-22-18-4-2-3-17(13-5-9-15(20)10-6-13)19(18)14-7-11-16(21)12-8-14/h2,4-12,20-21H,1H3. The molecule has 0 aliphatic rings. The zero-order valence-corrected chi connectivity index (χ0v) is 12.1. The van der Waals surface area contributed by atoms with Gasteiger partial charge in [-0.1, -0.05) is 30.3 Å². The monoisotopic (exact) mass is 291 g/mol. The van der Waals surface area contributed by atoms with Gasteiger partial charge in [-0.3, -0.25) is 0 Å². The van der Waals surface area contributed by atoms with Crippen molar-refractivity contribution in [3.63, 3.8) is 0 Å². The van der Waals surface area contributed by atoms with Gasteiger partial charge in [-0.15, -0.1) is 0 Å². The summed E-state index contributed by atoms with van der Waals surface area (Å²) in [5.41, 5.74) is 3.63. The summed E-state index contributed by atoms with van der Waals surface area (Å²) in [4.78, 5) is 0. The van der Waals surface area contributed by atoms with Crippen molar-refractivity contribution in [1.82, 2.24) is 0 Å². The van der Waals surface area contributed by atoms with Crippen molar-refractivity contribution in [3.05, 3.63) is 66.7 Å². The van der Waals surface area contributed by atoms with Crippen molar-refractivity contribution in [3.8, 4) is 39.5 Å². The molecule has 1 radical (unpaired) electrons. The highest BCUT2D eigenvalue weighted by Gasteiger charge is 2.13. The first-order valence-corrected chi connectivity index (χ1v) is 6.86. The SMILES string of the molecule is COc1cc[c]c(-c2ccc(O)cc2)c1-c1ccc(O)cc1. The number of phenols is 2. The van der Waals surface area contributed by atoms with E-state index in [-0.39, 0.29) is 11.5 Å². The predicted molar refractivity (Wildman–Crippen MR) is 86.0 cm³/mol. The number of hydrogen-bond donors (Lipinski definition) is 2. The highest BCUT2D eigenvalue weighted by atomic mass is 16.5. The van der Waals surface area contributed by atoms with Gasteiger partial charge in [-0.2, -0.15) is 0 Å². The molecule has 109 valence electrons. The van der Waals surface area contributed by atoms with E-state index in [0.717, 1.165) is 28.0 Å². The third kappa shape index (κ3) is 2.61. The number of methoxy groups -OCH3 is 1. The largest absolute Gasteiger partial charge is 0.508 e. The third-order valence-electron chi connectivity index (χ3n) is 3.49. The lowest BCUT2D eigenvalue weighted by atomic mass is 9.93. The Kier molecular flexibility index (Phi) is 3.71. The summed E-state index contributed by atoms with van der Waals surface area (Å²) in [5.74, 6) is 1.17. The molecule has 3 rings (SSSR count). The van der Waals surface area contributed by atoms with Crippen molar-refractivity contribution in [1.29, 1.82) is 0 Å². The Bertz CT molecular complexity index is 775. The zero-order chi connectivity index (χ0) is 15.5. The Morgan fingerprint density at radius 3 is 1.86 bits per heavy atom. The lowest BCUT2D eigenvalue weighted by molar-refractivity contribution is 0.416. The first kappa shape index (κ1) is 14.0. The Hall–Kier alpha value is -2.94. The van der Waals surface area contributed by atoms with Gasteiger partial charge in [0.1, 0.15) is 17.2 Å². The van der Waals surface area contributed by atoms with Crippen LogP contribution in [-0.2, 0) is 0 Å². The van der Waals surface area contributed by atoms with Crippen molar-refractivity contribution in [2.75, 3.05) is 7.11 Å². The van der Waals surface area contributed by atoms with E-state index in [4.69, 9.17) is 4.74 Å². The van der Waals surface area contributed by atoms with Gasteiger partial charge in [0.25, 0.3) is 0 Å². The Balaban J connectivity index is 2.22. The molecule has 2 N–H and O–H groups in total. The molecule has 0 amide bonds. The quantitative estimate of drug-likeness (QED) is 0.758. The van der Waals surface area contributed by atoms with Gasteiger partial charge in [-0.25, -0.2) is 0 Å². The number of hydrogen-bond acceptors (Lipinski definition) is 3. The Labute approximate surface area is 129 Å². The summed E-state index contributed by atoms with van der Waals surface area (Å²) in [6.07, 6.45) is 0. The molecule has 0 fully saturated rings. The molecule has 3 heteroatoms. The Morgan fingerprint density at radius 1 is 0.773 bits per heavy atom. The van der Waals surface area contributed by atoms with E-state index >= 15 is 0 Å². The molecule has 0 heterocycles. The molecule has 3 nitrogen and oxygen atoms in total. The summed E-state index contributed by atoms with van der Waals surface area (Å²) >= 11 is 0. The van der Waals surface area contributed by atoms with Crippen LogP contribution in [0.2, 0.25) is 0 Å². The molecular formula is C19H15O3.